The van der Waals surface area contributed by atoms with Crippen molar-refractivity contribution in [1.29, 1.82) is 0 Å². The van der Waals surface area contributed by atoms with Gasteiger partial charge in [-0.1, -0.05) is 17.7 Å². The predicted molar refractivity (Wildman–Crippen MR) is 70.0 cm³/mol. The molecule has 0 aliphatic heterocycles. The molecule has 0 saturated carbocycles. The Morgan fingerprint density at radius 2 is 2.12 bits per heavy atom. The average molecular weight is 256 g/mol. The van der Waals surface area contributed by atoms with E-state index in [9.17, 15) is 5.11 Å². The first kappa shape index (κ1) is 13.8. The van der Waals surface area contributed by atoms with Gasteiger partial charge in [0.2, 0.25) is 0 Å². The third kappa shape index (κ3) is 6.14. The van der Waals surface area contributed by atoms with Crippen LogP contribution in [-0.2, 0) is 0 Å². The fourth-order valence-electron chi connectivity index (χ4n) is 1.30. The van der Waals surface area contributed by atoms with Gasteiger partial charge in [0, 0.05) is 23.2 Å². The van der Waals surface area contributed by atoms with Crippen LogP contribution in [0.25, 0.3) is 0 Å². The van der Waals surface area contributed by atoms with E-state index in [1.54, 1.807) is 0 Å². The minimum absolute atomic E-state index is 0.105. The molecule has 0 amide bonds. The van der Waals surface area contributed by atoms with E-state index in [-0.39, 0.29) is 5.90 Å². The predicted octanol–water partition coefficient (Wildman–Crippen LogP) is 1.52. The minimum atomic E-state index is -0.105. The van der Waals surface area contributed by atoms with E-state index in [1.807, 2.05) is 45.4 Å². The van der Waals surface area contributed by atoms with Crippen LogP contribution in [0.5, 0.6) is 0 Å². The van der Waals surface area contributed by atoms with Crippen molar-refractivity contribution in [1.82, 2.24) is 0 Å². The van der Waals surface area contributed by atoms with Gasteiger partial charge < -0.3 is 10.4 Å². The zero-order valence-electron chi connectivity index (χ0n) is 10.4. The Balaban J connectivity index is 2.41. The van der Waals surface area contributed by atoms with Gasteiger partial charge in [-0.2, -0.15) is 0 Å². The van der Waals surface area contributed by atoms with E-state index in [1.165, 1.54) is 0 Å². The molecule has 0 spiro atoms. The molecule has 4 nitrogen and oxygen atoms in total. The first-order valence-corrected chi connectivity index (χ1v) is 5.81. The normalized spacial score (nSPS) is 12.6. The molecule has 0 aliphatic rings. The van der Waals surface area contributed by atoms with E-state index in [0.717, 1.165) is 5.69 Å². The molecule has 17 heavy (non-hydrogen) atoms. The Morgan fingerprint density at radius 3 is 2.71 bits per heavy atom. The van der Waals surface area contributed by atoms with Crippen LogP contribution in [0, 0.1) is 0 Å². The zero-order valence-corrected chi connectivity index (χ0v) is 11.2. The van der Waals surface area contributed by atoms with Gasteiger partial charge in [-0.25, -0.2) is 4.59 Å². The molecular formula is C12H18ClN3O. The van der Waals surface area contributed by atoms with Gasteiger partial charge in [-0.3, -0.25) is 0 Å². The van der Waals surface area contributed by atoms with Gasteiger partial charge in [0.05, 0.1) is 21.1 Å². The number of halogens is 1. The quantitative estimate of drug-likeness (QED) is 0.375. The van der Waals surface area contributed by atoms with Crippen molar-refractivity contribution in [2.24, 2.45) is 5.10 Å². The molecule has 1 aromatic rings. The van der Waals surface area contributed by atoms with Crippen LogP contribution in [0.2, 0.25) is 5.02 Å². The molecule has 1 N–H and O–H groups in total. The van der Waals surface area contributed by atoms with E-state index >= 15 is 0 Å². The van der Waals surface area contributed by atoms with Gasteiger partial charge >= 0.3 is 0 Å². The molecular weight excluding hydrogens is 238 g/mol. The van der Waals surface area contributed by atoms with E-state index in [0.29, 0.717) is 22.6 Å². The Labute approximate surface area is 107 Å². The van der Waals surface area contributed by atoms with Crippen molar-refractivity contribution in [2.75, 3.05) is 33.0 Å². The second-order valence-corrected chi connectivity index (χ2v) is 5.06. The number of rotatable bonds is 5. The van der Waals surface area contributed by atoms with Crippen LogP contribution in [0.1, 0.15) is 6.42 Å². The van der Waals surface area contributed by atoms with Crippen LogP contribution in [0.4, 0.5) is 5.69 Å². The van der Waals surface area contributed by atoms with E-state index in [2.05, 4.69) is 10.4 Å². The molecule has 1 rings (SSSR count). The summed E-state index contributed by atoms with van der Waals surface area (Å²) in [6.07, 6.45) is 0.377. The van der Waals surface area contributed by atoms with Crippen molar-refractivity contribution in [3.63, 3.8) is 0 Å². The molecule has 0 saturated heterocycles. The Kier molecular flexibility index (Phi) is 4.78. The van der Waals surface area contributed by atoms with Crippen molar-refractivity contribution in [3.8, 4) is 0 Å². The summed E-state index contributed by atoms with van der Waals surface area (Å²) >= 11 is 5.85. The lowest BCUT2D eigenvalue weighted by molar-refractivity contribution is -0.878. The molecule has 0 aromatic heterocycles. The van der Waals surface area contributed by atoms with Crippen LogP contribution in [0.3, 0.4) is 0 Å². The fraction of sp³-hybridized carbons (Fsp3) is 0.417. The molecule has 94 valence electrons. The van der Waals surface area contributed by atoms with Gasteiger partial charge in [-0.15, -0.1) is 5.10 Å². The van der Waals surface area contributed by atoms with E-state index < -0.39 is 0 Å². The summed E-state index contributed by atoms with van der Waals surface area (Å²) in [7, 11) is 5.55. The monoisotopic (exact) mass is 255 g/mol. The van der Waals surface area contributed by atoms with Crippen molar-refractivity contribution in [2.45, 2.75) is 6.42 Å². The number of benzene rings is 1. The lowest BCUT2D eigenvalue weighted by Gasteiger charge is -2.20. The lowest BCUT2D eigenvalue weighted by atomic mass is 10.3. The first-order chi connectivity index (χ1) is 7.87. The Morgan fingerprint density at radius 1 is 1.41 bits per heavy atom. The summed E-state index contributed by atoms with van der Waals surface area (Å²) in [4.78, 5) is 0. The van der Waals surface area contributed by atoms with Crippen LogP contribution >= 0.6 is 11.6 Å². The largest absolute Gasteiger partial charge is 0.858 e. The van der Waals surface area contributed by atoms with Crippen LogP contribution in [0.15, 0.2) is 29.4 Å². The first-order valence-electron chi connectivity index (χ1n) is 5.44. The second-order valence-electron chi connectivity index (χ2n) is 4.62. The Bertz CT molecular complexity index is 399. The average Bonchev–Trinajstić information content (AvgIpc) is 2.14. The molecule has 0 atom stereocenters. The summed E-state index contributed by atoms with van der Waals surface area (Å²) in [6.45, 7) is 0.558. The highest BCUT2D eigenvalue weighted by Crippen LogP contribution is 2.14. The molecule has 0 unspecified atom stereocenters. The standard InChI is InChI=1S/C12H18ClN3O/c1-16(2,3)15-12(17)7-8-14-11-6-4-5-10(13)9-11/h4-6,9,14H,7-8H2,1-3H3. The van der Waals surface area contributed by atoms with Crippen LogP contribution < -0.4 is 10.4 Å². The minimum Gasteiger partial charge on any atom is -0.858 e. The highest BCUT2D eigenvalue weighted by molar-refractivity contribution is 6.30. The summed E-state index contributed by atoms with van der Waals surface area (Å²) in [6, 6.07) is 7.41. The molecule has 0 aliphatic carbocycles. The number of nitrogens with zero attached hydrogens (tertiary/aromatic N) is 2. The van der Waals surface area contributed by atoms with Crippen LogP contribution in [-0.4, -0.2) is 38.2 Å². The van der Waals surface area contributed by atoms with Gasteiger partial charge in [0.1, 0.15) is 0 Å². The smallest absolute Gasteiger partial charge is 0.0923 e. The third-order valence-electron chi connectivity index (χ3n) is 1.90. The second kappa shape index (κ2) is 5.89. The summed E-state index contributed by atoms with van der Waals surface area (Å²) < 4.78 is 0.302. The highest BCUT2D eigenvalue weighted by Gasteiger charge is 2.02. The van der Waals surface area contributed by atoms with Gasteiger partial charge in [-0.05, 0) is 24.6 Å². The fourth-order valence-corrected chi connectivity index (χ4v) is 1.49. The Hall–Kier alpha value is -1.26. The number of hydrogen-bond donors (Lipinski definition) is 1. The van der Waals surface area contributed by atoms with Crippen molar-refractivity contribution in [3.05, 3.63) is 29.3 Å². The molecule has 1 aromatic carbocycles. The number of hydrogen-bond acceptors (Lipinski definition) is 3. The maximum absolute atomic E-state index is 11.5. The summed E-state index contributed by atoms with van der Waals surface area (Å²) in [5.74, 6) is -0.105. The SMILES string of the molecule is C[N+](C)(C)/N=C(/[O-])CCNc1cccc(Cl)c1. The molecule has 0 bridgehead atoms. The summed E-state index contributed by atoms with van der Waals surface area (Å²) in [5, 5.41) is 19.3. The molecule has 0 fully saturated rings. The lowest BCUT2D eigenvalue weighted by Crippen LogP contribution is -2.33. The highest BCUT2D eigenvalue weighted by atomic mass is 35.5. The number of quaternary nitrogens is 1. The number of anilines is 1. The third-order valence-corrected chi connectivity index (χ3v) is 2.14. The molecule has 0 radical (unpaired) electrons. The molecule has 5 heteroatoms. The van der Waals surface area contributed by atoms with Crippen molar-refractivity contribution >= 4 is 23.2 Å². The van der Waals surface area contributed by atoms with Gasteiger partial charge in [0.15, 0.2) is 0 Å². The van der Waals surface area contributed by atoms with E-state index in [4.69, 9.17) is 11.6 Å². The topological polar surface area (TPSA) is 47.5 Å². The maximum atomic E-state index is 11.5. The molecule has 0 heterocycles. The van der Waals surface area contributed by atoms with Crippen molar-refractivity contribution < 1.29 is 9.70 Å². The summed E-state index contributed by atoms with van der Waals surface area (Å²) in [5.41, 5.74) is 0.913. The zero-order chi connectivity index (χ0) is 12.9. The number of nitrogens with one attached hydrogen (secondary N) is 1. The maximum Gasteiger partial charge on any atom is 0.0923 e. The van der Waals surface area contributed by atoms with Gasteiger partial charge in [0.25, 0.3) is 0 Å².